The minimum absolute atomic E-state index is 0.120. The Morgan fingerprint density at radius 1 is 1.56 bits per heavy atom. The second-order valence-electron chi connectivity index (χ2n) is 4.06. The predicted molar refractivity (Wildman–Crippen MR) is 62.2 cm³/mol. The van der Waals surface area contributed by atoms with Crippen molar-refractivity contribution < 1.29 is 14.6 Å². The normalized spacial score (nSPS) is 24.9. The van der Waals surface area contributed by atoms with E-state index in [1.807, 2.05) is 0 Å². The largest absolute Gasteiger partial charge is 0.450 e. The average molecular weight is 227 g/mol. The van der Waals surface area contributed by atoms with Gasteiger partial charge < -0.3 is 9.84 Å². The molecule has 1 N–H and O–H groups in total. The van der Waals surface area contributed by atoms with Gasteiger partial charge in [0.15, 0.2) is 0 Å². The van der Waals surface area contributed by atoms with Crippen molar-refractivity contribution in [3.63, 3.8) is 0 Å². The Hall–Kier alpha value is -1.03. The lowest BCUT2D eigenvalue weighted by Gasteiger charge is -2.36. The summed E-state index contributed by atoms with van der Waals surface area (Å²) in [4.78, 5) is 13.3. The van der Waals surface area contributed by atoms with Gasteiger partial charge in [0.05, 0.1) is 18.8 Å². The standard InChI is InChI=1S/C12H21NO3/c1-3-9-13(12(15)16-4-2)10-7-5-6-8-11(10)14/h3,10-11,14H,1,4-9H2,2H3/t10?,11-/m0/s1. The molecule has 4 heteroatoms. The summed E-state index contributed by atoms with van der Waals surface area (Å²) >= 11 is 0. The molecule has 0 bridgehead atoms. The van der Waals surface area contributed by atoms with E-state index in [-0.39, 0.29) is 12.1 Å². The molecule has 0 spiro atoms. The fourth-order valence-corrected chi connectivity index (χ4v) is 2.15. The molecule has 0 radical (unpaired) electrons. The van der Waals surface area contributed by atoms with Gasteiger partial charge in [-0.25, -0.2) is 4.79 Å². The van der Waals surface area contributed by atoms with E-state index in [0.717, 1.165) is 25.7 Å². The topological polar surface area (TPSA) is 49.8 Å². The summed E-state index contributed by atoms with van der Waals surface area (Å²) in [6, 6.07) is -0.120. The Morgan fingerprint density at radius 3 is 2.81 bits per heavy atom. The lowest BCUT2D eigenvalue weighted by atomic mass is 9.91. The molecule has 1 aliphatic carbocycles. The smallest absolute Gasteiger partial charge is 0.410 e. The molecule has 4 nitrogen and oxygen atoms in total. The second kappa shape index (κ2) is 6.53. The first-order valence-electron chi connectivity index (χ1n) is 5.93. The van der Waals surface area contributed by atoms with Gasteiger partial charge in [-0.15, -0.1) is 6.58 Å². The lowest BCUT2D eigenvalue weighted by Crippen LogP contribution is -2.48. The van der Waals surface area contributed by atoms with E-state index in [1.165, 1.54) is 0 Å². The van der Waals surface area contributed by atoms with Crippen LogP contribution in [-0.4, -0.2) is 41.4 Å². The van der Waals surface area contributed by atoms with Crippen LogP contribution in [0.5, 0.6) is 0 Å². The Morgan fingerprint density at radius 2 is 2.25 bits per heavy atom. The van der Waals surface area contributed by atoms with Crippen molar-refractivity contribution in [1.82, 2.24) is 4.90 Å². The highest BCUT2D eigenvalue weighted by atomic mass is 16.6. The highest BCUT2D eigenvalue weighted by Crippen LogP contribution is 2.23. The second-order valence-corrected chi connectivity index (χ2v) is 4.06. The Labute approximate surface area is 96.9 Å². The number of rotatable bonds is 4. The summed E-state index contributed by atoms with van der Waals surface area (Å²) < 4.78 is 4.99. The minimum Gasteiger partial charge on any atom is -0.450 e. The summed E-state index contributed by atoms with van der Waals surface area (Å²) in [7, 11) is 0. The number of carbonyl (C=O) groups is 1. The molecule has 1 amide bonds. The van der Waals surface area contributed by atoms with Gasteiger partial charge in [-0.1, -0.05) is 18.9 Å². The molecule has 1 saturated carbocycles. The number of carbonyl (C=O) groups excluding carboxylic acids is 1. The van der Waals surface area contributed by atoms with Gasteiger partial charge in [0.25, 0.3) is 0 Å². The summed E-state index contributed by atoms with van der Waals surface area (Å²) in [6.45, 7) is 6.20. The molecule has 0 aromatic heterocycles. The quantitative estimate of drug-likeness (QED) is 0.747. The maximum absolute atomic E-state index is 11.7. The van der Waals surface area contributed by atoms with E-state index >= 15 is 0 Å². The van der Waals surface area contributed by atoms with Crippen molar-refractivity contribution in [3.8, 4) is 0 Å². The summed E-state index contributed by atoms with van der Waals surface area (Å²) in [6.07, 6.45) is 4.56. The van der Waals surface area contributed by atoms with Crippen LogP contribution in [-0.2, 0) is 4.74 Å². The molecule has 0 aromatic rings. The van der Waals surface area contributed by atoms with Gasteiger partial charge in [0.1, 0.15) is 0 Å². The summed E-state index contributed by atoms with van der Waals surface area (Å²) in [5, 5.41) is 9.90. The van der Waals surface area contributed by atoms with Crippen LogP contribution >= 0.6 is 0 Å². The third kappa shape index (κ3) is 3.23. The Kier molecular flexibility index (Phi) is 5.32. The first kappa shape index (κ1) is 13.0. The molecule has 1 unspecified atom stereocenters. The van der Waals surface area contributed by atoms with Crippen LogP contribution in [0, 0.1) is 0 Å². The van der Waals surface area contributed by atoms with Gasteiger partial charge in [0, 0.05) is 6.54 Å². The Bertz CT molecular complexity index is 242. The highest BCUT2D eigenvalue weighted by Gasteiger charge is 2.31. The molecule has 0 aliphatic heterocycles. The zero-order chi connectivity index (χ0) is 12.0. The molecular formula is C12H21NO3. The van der Waals surface area contributed by atoms with Crippen LogP contribution in [0.2, 0.25) is 0 Å². The molecule has 92 valence electrons. The Balaban J connectivity index is 2.66. The first-order chi connectivity index (χ1) is 7.70. The monoisotopic (exact) mass is 227 g/mol. The lowest BCUT2D eigenvalue weighted by molar-refractivity contribution is 0.0186. The van der Waals surface area contributed by atoms with E-state index < -0.39 is 6.10 Å². The maximum Gasteiger partial charge on any atom is 0.410 e. The van der Waals surface area contributed by atoms with Crippen molar-refractivity contribution >= 4 is 6.09 Å². The number of amides is 1. The molecule has 0 saturated heterocycles. The summed E-state index contributed by atoms with van der Waals surface area (Å²) in [5.41, 5.74) is 0. The van der Waals surface area contributed by atoms with Crippen molar-refractivity contribution in [2.45, 2.75) is 44.8 Å². The van der Waals surface area contributed by atoms with E-state index in [1.54, 1.807) is 17.9 Å². The van der Waals surface area contributed by atoms with Crippen LogP contribution < -0.4 is 0 Å². The molecule has 16 heavy (non-hydrogen) atoms. The predicted octanol–water partition coefficient (Wildman–Crippen LogP) is 1.93. The number of ether oxygens (including phenoxy) is 1. The third-order valence-corrected chi connectivity index (χ3v) is 2.92. The minimum atomic E-state index is -0.432. The number of aliphatic hydroxyl groups is 1. The first-order valence-corrected chi connectivity index (χ1v) is 5.93. The molecule has 0 heterocycles. The van der Waals surface area contributed by atoms with Crippen LogP contribution in [0.25, 0.3) is 0 Å². The van der Waals surface area contributed by atoms with Crippen molar-refractivity contribution in [2.75, 3.05) is 13.2 Å². The van der Waals surface area contributed by atoms with Crippen LogP contribution in [0.3, 0.4) is 0 Å². The van der Waals surface area contributed by atoms with Crippen LogP contribution in [0.1, 0.15) is 32.6 Å². The highest BCUT2D eigenvalue weighted by molar-refractivity contribution is 5.68. The van der Waals surface area contributed by atoms with E-state index in [2.05, 4.69) is 6.58 Å². The molecular weight excluding hydrogens is 206 g/mol. The molecule has 2 atom stereocenters. The number of hydrogen-bond acceptors (Lipinski definition) is 3. The van der Waals surface area contributed by atoms with E-state index in [0.29, 0.717) is 13.2 Å². The molecule has 0 aromatic carbocycles. The number of aliphatic hydroxyl groups excluding tert-OH is 1. The average Bonchev–Trinajstić information content (AvgIpc) is 2.27. The van der Waals surface area contributed by atoms with Crippen LogP contribution in [0.4, 0.5) is 4.79 Å². The molecule has 1 aliphatic rings. The maximum atomic E-state index is 11.7. The fourth-order valence-electron chi connectivity index (χ4n) is 2.15. The van der Waals surface area contributed by atoms with Crippen molar-refractivity contribution in [2.24, 2.45) is 0 Å². The van der Waals surface area contributed by atoms with E-state index in [4.69, 9.17) is 4.74 Å². The summed E-state index contributed by atoms with van der Waals surface area (Å²) in [5.74, 6) is 0. The fraction of sp³-hybridized carbons (Fsp3) is 0.750. The van der Waals surface area contributed by atoms with Gasteiger partial charge >= 0.3 is 6.09 Å². The molecule has 1 fully saturated rings. The number of hydrogen-bond donors (Lipinski definition) is 1. The SMILES string of the molecule is C=CCN(C(=O)OCC)C1CCCC[C@@H]1O. The third-order valence-electron chi connectivity index (χ3n) is 2.92. The van der Waals surface area contributed by atoms with Gasteiger partial charge in [0.2, 0.25) is 0 Å². The van der Waals surface area contributed by atoms with E-state index in [9.17, 15) is 9.90 Å². The zero-order valence-corrected chi connectivity index (χ0v) is 9.89. The van der Waals surface area contributed by atoms with Gasteiger partial charge in [-0.05, 0) is 19.8 Å². The zero-order valence-electron chi connectivity index (χ0n) is 9.89. The van der Waals surface area contributed by atoms with Gasteiger partial charge in [-0.2, -0.15) is 0 Å². The number of nitrogens with zero attached hydrogens (tertiary/aromatic N) is 1. The van der Waals surface area contributed by atoms with Crippen LogP contribution in [0.15, 0.2) is 12.7 Å². The van der Waals surface area contributed by atoms with Gasteiger partial charge in [-0.3, -0.25) is 4.90 Å². The molecule has 1 rings (SSSR count). The van der Waals surface area contributed by atoms with Crippen molar-refractivity contribution in [1.29, 1.82) is 0 Å². The van der Waals surface area contributed by atoms with Crippen molar-refractivity contribution in [3.05, 3.63) is 12.7 Å².